The summed E-state index contributed by atoms with van der Waals surface area (Å²) in [5, 5.41) is 18.7. The molecule has 0 bridgehead atoms. The van der Waals surface area contributed by atoms with Crippen LogP contribution in [0.3, 0.4) is 0 Å². The molecule has 0 radical (unpaired) electrons. The third kappa shape index (κ3) is 4.95. The molecule has 0 aliphatic carbocycles. The summed E-state index contributed by atoms with van der Waals surface area (Å²) in [6.45, 7) is 1.68. The number of fused-ring (bicyclic) bond motifs is 2. The Morgan fingerprint density at radius 3 is 1.60 bits per heavy atom. The van der Waals surface area contributed by atoms with Crippen LogP contribution in [0.2, 0.25) is 0 Å². The summed E-state index contributed by atoms with van der Waals surface area (Å²) >= 11 is 2.98. The normalized spacial score (nSPS) is 13.0. The maximum absolute atomic E-state index is 9.34. The number of allylic oxidation sites excluding steroid dienone is 1. The minimum Gasteiger partial charge on any atom is -0.485 e. The second-order valence-corrected chi connectivity index (χ2v) is 11.7. The Hall–Kier alpha value is -5.22. The topological polar surface area (TPSA) is 87.7 Å². The molecule has 0 saturated heterocycles. The SMILES string of the molecule is N#CC(C#N)=Cc1sc(-c2sc(-c3ccc(N(c4ccccc4)c4ccccc4)cc3)c3c2OCCO3)c2c1OCCO2. The number of ether oxygens (including phenoxy) is 4. The molecule has 2 aliphatic heterocycles. The Morgan fingerprint density at radius 1 is 0.581 bits per heavy atom. The van der Waals surface area contributed by atoms with Gasteiger partial charge >= 0.3 is 0 Å². The van der Waals surface area contributed by atoms with E-state index < -0.39 is 0 Å². The number of nitriles is 2. The van der Waals surface area contributed by atoms with Crippen LogP contribution >= 0.6 is 22.7 Å². The monoisotopic (exact) mass is 601 g/mol. The van der Waals surface area contributed by atoms with E-state index in [1.54, 1.807) is 17.4 Å². The van der Waals surface area contributed by atoms with Crippen molar-refractivity contribution in [1.29, 1.82) is 10.5 Å². The Balaban J connectivity index is 1.31. The van der Waals surface area contributed by atoms with Crippen LogP contribution in [0.5, 0.6) is 23.0 Å². The number of benzene rings is 3. The van der Waals surface area contributed by atoms with Crippen molar-refractivity contribution in [3.8, 4) is 55.3 Å². The first-order valence-electron chi connectivity index (χ1n) is 13.6. The second-order valence-electron chi connectivity index (χ2n) is 9.60. The number of hydrogen-bond acceptors (Lipinski definition) is 9. The largest absolute Gasteiger partial charge is 0.485 e. The van der Waals surface area contributed by atoms with Gasteiger partial charge in [0.15, 0.2) is 23.0 Å². The zero-order valence-electron chi connectivity index (χ0n) is 22.8. The first-order valence-corrected chi connectivity index (χ1v) is 15.3. The Bertz CT molecular complexity index is 1840. The van der Waals surface area contributed by atoms with E-state index in [9.17, 15) is 10.5 Å². The van der Waals surface area contributed by atoms with Crippen molar-refractivity contribution in [2.45, 2.75) is 0 Å². The number of hydrogen-bond donors (Lipinski definition) is 0. The highest BCUT2D eigenvalue weighted by molar-refractivity contribution is 7.25. The molecule has 3 aromatic carbocycles. The molecule has 2 aliphatic rings. The molecule has 0 fully saturated rings. The Morgan fingerprint density at radius 2 is 1.05 bits per heavy atom. The summed E-state index contributed by atoms with van der Waals surface area (Å²) in [4.78, 5) is 5.53. The van der Waals surface area contributed by atoms with E-state index in [0.717, 1.165) is 37.3 Å². The summed E-state index contributed by atoms with van der Waals surface area (Å²) in [5.41, 5.74) is 4.17. The number of nitrogens with zero attached hydrogens (tertiary/aromatic N) is 3. The lowest BCUT2D eigenvalue weighted by molar-refractivity contribution is 0.172. The molecule has 0 N–H and O–H groups in total. The quantitative estimate of drug-likeness (QED) is 0.180. The first kappa shape index (κ1) is 26.7. The standard InChI is InChI=1S/C34H23N3O4S2/c35-20-22(21-36)19-27-28-29(39-16-15-38-28)33(42-27)34-31-30(40-17-18-41-31)32(43-34)23-11-13-26(14-12-23)37(24-7-3-1-4-8-24)25-9-5-2-6-10-25/h1-14,19H,15-18H2. The zero-order chi connectivity index (χ0) is 29.2. The van der Waals surface area contributed by atoms with E-state index in [1.807, 2.05) is 48.5 Å². The van der Waals surface area contributed by atoms with Gasteiger partial charge in [-0.3, -0.25) is 0 Å². The molecule has 0 saturated carbocycles. The van der Waals surface area contributed by atoms with Crippen LogP contribution in [0.1, 0.15) is 4.88 Å². The fourth-order valence-electron chi connectivity index (χ4n) is 5.09. The van der Waals surface area contributed by atoms with Crippen molar-refractivity contribution in [2.24, 2.45) is 0 Å². The average molecular weight is 602 g/mol. The zero-order valence-corrected chi connectivity index (χ0v) is 24.4. The van der Waals surface area contributed by atoms with Gasteiger partial charge < -0.3 is 23.8 Å². The van der Waals surface area contributed by atoms with Gasteiger partial charge in [0.25, 0.3) is 0 Å². The van der Waals surface area contributed by atoms with E-state index in [2.05, 4.69) is 53.4 Å². The van der Waals surface area contributed by atoms with Gasteiger partial charge in [-0.05, 0) is 48.0 Å². The van der Waals surface area contributed by atoms with Crippen molar-refractivity contribution in [1.82, 2.24) is 0 Å². The lowest BCUT2D eigenvalue weighted by atomic mass is 10.1. The van der Waals surface area contributed by atoms with Gasteiger partial charge in [0.2, 0.25) is 0 Å². The summed E-state index contributed by atoms with van der Waals surface area (Å²) in [6.07, 6.45) is 1.55. The number of para-hydroxylation sites is 2. The molecule has 0 amide bonds. The third-order valence-electron chi connectivity index (χ3n) is 6.96. The Labute approximate surface area is 256 Å². The highest BCUT2D eigenvalue weighted by atomic mass is 32.1. The van der Waals surface area contributed by atoms with Gasteiger partial charge in [0.05, 0.1) is 19.5 Å². The minimum atomic E-state index is -0.00149. The second kappa shape index (κ2) is 11.6. The van der Waals surface area contributed by atoms with Crippen LogP contribution < -0.4 is 23.8 Å². The van der Waals surface area contributed by atoms with Crippen molar-refractivity contribution in [2.75, 3.05) is 31.3 Å². The third-order valence-corrected chi connectivity index (χ3v) is 9.43. The fourth-order valence-corrected chi connectivity index (χ4v) is 7.54. The predicted molar refractivity (Wildman–Crippen MR) is 169 cm³/mol. The lowest BCUT2D eigenvalue weighted by Crippen LogP contribution is -2.15. The van der Waals surface area contributed by atoms with Crippen LogP contribution in [-0.2, 0) is 0 Å². The number of anilines is 3. The average Bonchev–Trinajstić information content (AvgIpc) is 3.64. The van der Waals surface area contributed by atoms with Crippen LogP contribution in [-0.4, -0.2) is 26.4 Å². The molecule has 4 heterocycles. The molecule has 7 rings (SSSR count). The molecule has 2 aromatic heterocycles. The minimum absolute atomic E-state index is 0.00149. The van der Waals surface area contributed by atoms with Crippen LogP contribution in [0, 0.1) is 22.7 Å². The van der Waals surface area contributed by atoms with Crippen molar-refractivity contribution in [3.63, 3.8) is 0 Å². The van der Waals surface area contributed by atoms with Crippen LogP contribution in [0.15, 0.2) is 90.5 Å². The number of rotatable bonds is 6. The summed E-state index contributed by atoms with van der Waals surface area (Å²) < 4.78 is 24.4. The van der Waals surface area contributed by atoms with Gasteiger partial charge in [0.1, 0.15) is 44.1 Å². The highest BCUT2D eigenvalue weighted by Gasteiger charge is 2.32. The lowest BCUT2D eigenvalue weighted by Gasteiger charge is -2.25. The molecular formula is C34H23N3O4S2. The highest BCUT2D eigenvalue weighted by Crippen LogP contribution is 2.60. The van der Waals surface area contributed by atoms with E-state index in [0.29, 0.717) is 54.3 Å². The van der Waals surface area contributed by atoms with Gasteiger partial charge in [-0.25, -0.2) is 0 Å². The summed E-state index contributed by atoms with van der Waals surface area (Å²) in [5.74, 6) is 2.51. The van der Waals surface area contributed by atoms with E-state index in [-0.39, 0.29) is 5.57 Å². The molecule has 7 nitrogen and oxygen atoms in total. The molecule has 5 aromatic rings. The van der Waals surface area contributed by atoms with Crippen LogP contribution in [0.25, 0.3) is 26.3 Å². The smallest absolute Gasteiger partial charge is 0.181 e. The Kier molecular flexibility index (Phi) is 7.18. The van der Waals surface area contributed by atoms with Crippen molar-refractivity contribution < 1.29 is 18.9 Å². The van der Waals surface area contributed by atoms with Gasteiger partial charge in [0, 0.05) is 17.1 Å². The van der Waals surface area contributed by atoms with Gasteiger partial charge in [-0.15, -0.1) is 22.7 Å². The van der Waals surface area contributed by atoms with E-state index in [4.69, 9.17) is 18.9 Å². The summed E-state index contributed by atoms with van der Waals surface area (Å²) in [6, 6.07) is 32.9. The molecule has 43 heavy (non-hydrogen) atoms. The van der Waals surface area contributed by atoms with E-state index in [1.165, 1.54) is 11.3 Å². The first-order chi connectivity index (χ1) is 21.2. The predicted octanol–water partition coefficient (Wildman–Crippen LogP) is 8.59. The maximum Gasteiger partial charge on any atom is 0.181 e. The molecule has 210 valence electrons. The molecule has 0 unspecified atom stereocenters. The molecular weight excluding hydrogens is 579 g/mol. The maximum atomic E-state index is 9.34. The van der Waals surface area contributed by atoms with Gasteiger partial charge in [-0.2, -0.15) is 10.5 Å². The molecule has 9 heteroatoms. The summed E-state index contributed by atoms with van der Waals surface area (Å²) in [7, 11) is 0. The number of thiophene rings is 2. The van der Waals surface area contributed by atoms with Crippen LogP contribution in [0.4, 0.5) is 17.1 Å². The van der Waals surface area contributed by atoms with Crippen molar-refractivity contribution in [3.05, 3.63) is 95.4 Å². The van der Waals surface area contributed by atoms with Gasteiger partial charge in [-0.1, -0.05) is 48.5 Å². The fraction of sp³-hybridized carbons (Fsp3) is 0.118. The van der Waals surface area contributed by atoms with E-state index >= 15 is 0 Å². The van der Waals surface area contributed by atoms with Crippen molar-refractivity contribution >= 4 is 45.8 Å². The molecule has 0 atom stereocenters. The molecule has 0 spiro atoms.